The highest BCUT2D eigenvalue weighted by Gasteiger charge is 2.36. The van der Waals surface area contributed by atoms with Crippen LogP contribution in [0, 0.1) is 19.8 Å². The van der Waals surface area contributed by atoms with Crippen molar-refractivity contribution in [2.24, 2.45) is 5.92 Å². The average Bonchev–Trinajstić information content (AvgIpc) is 2.81. The van der Waals surface area contributed by atoms with Gasteiger partial charge in [0.25, 0.3) is 0 Å². The quantitative estimate of drug-likeness (QED) is 0.695. The van der Waals surface area contributed by atoms with E-state index in [4.69, 9.17) is 0 Å². The van der Waals surface area contributed by atoms with Crippen LogP contribution in [0.4, 0.5) is 0 Å². The fraction of sp³-hybridized carbons (Fsp3) is 0.480. The van der Waals surface area contributed by atoms with Crippen molar-refractivity contribution in [2.45, 2.75) is 38.1 Å². The molecule has 2 heterocycles. The van der Waals surface area contributed by atoms with E-state index >= 15 is 0 Å². The Morgan fingerprint density at radius 3 is 2.41 bits per heavy atom. The Morgan fingerprint density at radius 1 is 0.969 bits per heavy atom. The Balaban J connectivity index is 1.37. The number of carbonyl (C=O) groups is 1. The molecule has 0 saturated carbocycles. The van der Waals surface area contributed by atoms with Crippen LogP contribution in [-0.2, 0) is 21.4 Å². The molecule has 4 rings (SSSR count). The van der Waals surface area contributed by atoms with Gasteiger partial charge in [0.2, 0.25) is 15.9 Å². The second kappa shape index (κ2) is 9.73. The molecule has 2 fully saturated rings. The first-order valence-electron chi connectivity index (χ1n) is 11.5. The average molecular weight is 456 g/mol. The minimum Gasteiger partial charge on any atom is -0.340 e. The highest BCUT2D eigenvalue weighted by molar-refractivity contribution is 7.89. The zero-order chi connectivity index (χ0) is 22.7. The predicted molar refractivity (Wildman–Crippen MR) is 126 cm³/mol. The van der Waals surface area contributed by atoms with Crippen LogP contribution in [0.25, 0.3) is 0 Å². The minimum atomic E-state index is -3.60. The van der Waals surface area contributed by atoms with Crippen LogP contribution in [0.1, 0.15) is 29.5 Å². The molecule has 2 aromatic rings. The molecule has 0 aliphatic carbocycles. The number of rotatable bonds is 5. The number of hydrogen-bond acceptors (Lipinski definition) is 4. The van der Waals surface area contributed by atoms with Crippen molar-refractivity contribution in [3.05, 3.63) is 65.2 Å². The van der Waals surface area contributed by atoms with E-state index in [2.05, 4.69) is 29.2 Å². The summed E-state index contributed by atoms with van der Waals surface area (Å²) >= 11 is 0. The third-order valence-corrected chi connectivity index (χ3v) is 8.63. The van der Waals surface area contributed by atoms with Gasteiger partial charge >= 0.3 is 0 Å². The lowest BCUT2D eigenvalue weighted by Gasteiger charge is -2.38. The Bertz CT molecular complexity index is 1050. The van der Waals surface area contributed by atoms with Crippen LogP contribution in [-0.4, -0.2) is 67.7 Å². The molecule has 0 aromatic heterocycles. The Morgan fingerprint density at radius 2 is 1.69 bits per heavy atom. The summed E-state index contributed by atoms with van der Waals surface area (Å²) in [4.78, 5) is 17.9. The standard InChI is InChI=1S/C25H33N3O3S/c1-20-10-11-21(2)24(17-20)32(30,31)28-12-6-9-23(19-28)25(29)27-15-13-26(14-16-27)18-22-7-4-3-5-8-22/h3-5,7-8,10-11,17,23H,6,9,12-16,18-19H2,1-2H3. The van der Waals surface area contributed by atoms with Gasteiger partial charge in [0.1, 0.15) is 0 Å². The maximum atomic E-state index is 13.3. The monoisotopic (exact) mass is 455 g/mol. The second-order valence-electron chi connectivity index (χ2n) is 9.06. The van der Waals surface area contributed by atoms with Crippen molar-refractivity contribution in [2.75, 3.05) is 39.3 Å². The maximum Gasteiger partial charge on any atom is 0.243 e. The summed E-state index contributed by atoms with van der Waals surface area (Å²) in [7, 11) is -3.60. The molecule has 0 spiro atoms. The topological polar surface area (TPSA) is 60.9 Å². The second-order valence-corrected chi connectivity index (χ2v) is 11.0. The number of piperazine rings is 1. The molecule has 2 saturated heterocycles. The molecular weight excluding hydrogens is 422 g/mol. The fourth-order valence-electron chi connectivity index (χ4n) is 4.71. The van der Waals surface area contributed by atoms with Crippen molar-refractivity contribution in [3.63, 3.8) is 0 Å². The van der Waals surface area contributed by atoms with Crippen molar-refractivity contribution in [1.29, 1.82) is 0 Å². The smallest absolute Gasteiger partial charge is 0.243 e. The highest BCUT2D eigenvalue weighted by atomic mass is 32.2. The van der Waals surface area contributed by atoms with Gasteiger partial charge in [-0.15, -0.1) is 0 Å². The van der Waals surface area contributed by atoms with Gasteiger partial charge in [-0.2, -0.15) is 4.31 Å². The number of nitrogens with zero attached hydrogens (tertiary/aromatic N) is 3. The highest BCUT2D eigenvalue weighted by Crippen LogP contribution is 2.27. The van der Waals surface area contributed by atoms with E-state index in [0.717, 1.165) is 37.2 Å². The number of benzene rings is 2. The van der Waals surface area contributed by atoms with Crippen LogP contribution in [0.3, 0.4) is 0 Å². The first-order chi connectivity index (χ1) is 15.3. The van der Waals surface area contributed by atoms with Crippen LogP contribution < -0.4 is 0 Å². The van der Waals surface area contributed by atoms with E-state index in [1.165, 1.54) is 9.87 Å². The summed E-state index contributed by atoms with van der Waals surface area (Å²) in [5.74, 6) is -0.158. The molecule has 32 heavy (non-hydrogen) atoms. The number of hydrogen-bond donors (Lipinski definition) is 0. The van der Waals surface area contributed by atoms with Crippen LogP contribution in [0.15, 0.2) is 53.4 Å². The lowest BCUT2D eigenvalue weighted by Crippen LogP contribution is -2.52. The molecule has 0 bridgehead atoms. The van der Waals surface area contributed by atoms with E-state index in [1.807, 2.05) is 36.9 Å². The lowest BCUT2D eigenvalue weighted by molar-refractivity contribution is -0.138. The van der Waals surface area contributed by atoms with Crippen molar-refractivity contribution < 1.29 is 13.2 Å². The summed E-state index contributed by atoms with van der Waals surface area (Å²) in [6.07, 6.45) is 1.47. The molecule has 1 amide bonds. The number of piperidine rings is 1. The van der Waals surface area contributed by atoms with E-state index in [1.54, 1.807) is 6.07 Å². The van der Waals surface area contributed by atoms with Gasteiger partial charge in [-0.05, 0) is 49.4 Å². The third kappa shape index (κ3) is 5.05. The first-order valence-corrected chi connectivity index (χ1v) is 12.9. The third-order valence-electron chi connectivity index (χ3n) is 6.63. The van der Waals surface area contributed by atoms with Crippen LogP contribution >= 0.6 is 0 Å². The molecule has 2 aliphatic heterocycles. The van der Waals surface area contributed by atoms with Gasteiger partial charge in [0, 0.05) is 45.8 Å². The van der Waals surface area contributed by atoms with Crippen LogP contribution in [0.2, 0.25) is 0 Å². The Labute approximate surface area is 191 Å². The number of amides is 1. The molecular formula is C25H33N3O3S. The summed E-state index contributed by atoms with van der Waals surface area (Å²) in [6, 6.07) is 15.9. The first kappa shape index (κ1) is 23.0. The molecule has 0 N–H and O–H groups in total. The Kier molecular flexibility index (Phi) is 6.98. The molecule has 1 unspecified atom stereocenters. The largest absolute Gasteiger partial charge is 0.340 e. The van der Waals surface area contributed by atoms with Gasteiger partial charge in [-0.25, -0.2) is 8.42 Å². The summed E-state index contributed by atoms with van der Waals surface area (Å²) in [6.45, 7) is 8.47. The van der Waals surface area contributed by atoms with Crippen molar-refractivity contribution >= 4 is 15.9 Å². The van der Waals surface area contributed by atoms with Gasteiger partial charge in [-0.1, -0.05) is 42.5 Å². The summed E-state index contributed by atoms with van der Waals surface area (Å²) in [5, 5.41) is 0. The van der Waals surface area contributed by atoms with Crippen LogP contribution in [0.5, 0.6) is 0 Å². The number of aryl methyl sites for hydroxylation is 2. The zero-order valence-electron chi connectivity index (χ0n) is 19.0. The minimum absolute atomic E-state index is 0.102. The molecule has 7 heteroatoms. The number of carbonyl (C=O) groups excluding carboxylic acids is 1. The molecule has 172 valence electrons. The normalized spacial score (nSPS) is 20.9. The van der Waals surface area contributed by atoms with Gasteiger partial charge < -0.3 is 4.90 Å². The fourth-order valence-corrected chi connectivity index (χ4v) is 6.55. The van der Waals surface area contributed by atoms with E-state index in [0.29, 0.717) is 31.0 Å². The molecule has 2 aliphatic rings. The summed E-state index contributed by atoms with van der Waals surface area (Å²) < 4.78 is 28.2. The van der Waals surface area contributed by atoms with Gasteiger partial charge in [0.05, 0.1) is 10.8 Å². The van der Waals surface area contributed by atoms with Gasteiger partial charge in [-0.3, -0.25) is 9.69 Å². The zero-order valence-corrected chi connectivity index (χ0v) is 19.9. The van der Waals surface area contributed by atoms with Crippen molar-refractivity contribution in [1.82, 2.24) is 14.1 Å². The molecule has 0 radical (unpaired) electrons. The van der Waals surface area contributed by atoms with E-state index in [-0.39, 0.29) is 18.4 Å². The summed E-state index contributed by atoms with van der Waals surface area (Å²) in [5.41, 5.74) is 2.96. The molecule has 1 atom stereocenters. The lowest BCUT2D eigenvalue weighted by atomic mass is 9.97. The predicted octanol–water partition coefficient (Wildman–Crippen LogP) is 3.05. The SMILES string of the molecule is Cc1ccc(C)c(S(=O)(=O)N2CCCC(C(=O)N3CCN(Cc4ccccc4)CC3)C2)c1. The van der Waals surface area contributed by atoms with Gasteiger partial charge in [0.15, 0.2) is 0 Å². The number of sulfonamides is 1. The Hall–Kier alpha value is -2.22. The van der Waals surface area contributed by atoms with Crippen molar-refractivity contribution in [3.8, 4) is 0 Å². The molecule has 6 nitrogen and oxygen atoms in total. The molecule has 2 aromatic carbocycles. The van der Waals surface area contributed by atoms with E-state index in [9.17, 15) is 13.2 Å². The maximum absolute atomic E-state index is 13.3. The van der Waals surface area contributed by atoms with E-state index < -0.39 is 10.0 Å².